The lowest BCUT2D eigenvalue weighted by Crippen LogP contribution is -2.34. The van der Waals surface area contributed by atoms with Gasteiger partial charge in [-0.2, -0.15) is 0 Å². The Balaban J connectivity index is 1.55. The molecule has 0 amide bonds. The maximum absolute atomic E-state index is 12.9. The lowest BCUT2D eigenvalue weighted by molar-refractivity contribution is 0.626. The maximum Gasteiger partial charge on any atom is 0.166 e. The first-order valence-electron chi connectivity index (χ1n) is 7.30. The zero-order valence-corrected chi connectivity index (χ0v) is 13.5. The van der Waals surface area contributed by atoms with E-state index in [1.165, 1.54) is 12.1 Å². The third kappa shape index (κ3) is 3.65. The van der Waals surface area contributed by atoms with Crippen molar-refractivity contribution in [2.75, 3.05) is 0 Å². The van der Waals surface area contributed by atoms with Gasteiger partial charge in [0.05, 0.1) is 17.6 Å². The summed E-state index contributed by atoms with van der Waals surface area (Å²) in [5.74, 6) is 0.674. The molecule has 0 aliphatic rings. The first kappa shape index (κ1) is 15.4. The van der Waals surface area contributed by atoms with E-state index in [-0.39, 0.29) is 5.82 Å². The number of halogens is 1. The van der Waals surface area contributed by atoms with Crippen molar-refractivity contribution in [3.8, 4) is 0 Å². The third-order valence-electron chi connectivity index (χ3n) is 3.65. The van der Waals surface area contributed by atoms with Crippen molar-refractivity contribution in [2.24, 2.45) is 7.05 Å². The van der Waals surface area contributed by atoms with Gasteiger partial charge in [0.2, 0.25) is 0 Å². The largest absolute Gasteiger partial charge is 0.359 e. The molecule has 3 aromatic rings. The summed E-state index contributed by atoms with van der Waals surface area (Å²) < 4.78 is 14.9. The second kappa shape index (κ2) is 6.75. The van der Waals surface area contributed by atoms with Crippen molar-refractivity contribution >= 4 is 28.4 Å². The van der Waals surface area contributed by atoms with Gasteiger partial charge in [-0.25, -0.2) is 9.37 Å². The van der Waals surface area contributed by atoms with E-state index < -0.39 is 0 Å². The Labute approximate surface area is 139 Å². The van der Waals surface area contributed by atoms with E-state index in [1.54, 1.807) is 12.1 Å². The lowest BCUT2D eigenvalue weighted by atomic mass is 10.2. The van der Waals surface area contributed by atoms with E-state index in [2.05, 4.69) is 15.6 Å². The number of fused-ring (bicyclic) bond motifs is 1. The van der Waals surface area contributed by atoms with Gasteiger partial charge in [0.25, 0.3) is 0 Å². The summed E-state index contributed by atoms with van der Waals surface area (Å²) in [5, 5.41) is 6.79. The third-order valence-corrected chi connectivity index (χ3v) is 3.94. The van der Waals surface area contributed by atoms with E-state index in [4.69, 9.17) is 12.2 Å². The molecule has 0 unspecified atom stereocenters. The topological polar surface area (TPSA) is 41.9 Å². The van der Waals surface area contributed by atoms with E-state index in [1.807, 2.05) is 35.9 Å². The van der Waals surface area contributed by atoms with Gasteiger partial charge in [-0.15, -0.1) is 0 Å². The van der Waals surface area contributed by atoms with Crippen LogP contribution < -0.4 is 10.6 Å². The minimum absolute atomic E-state index is 0.240. The Morgan fingerprint density at radius 1 is 1.09 bits per heavy atom. The molecular formula is C17H17FN4S. The average Bonchev–Trinajstić information content (AvgIpc) is 2.89. The first-order chi connectivity index (χ1) is 11.1. The molecule has 4 nitrogen and oxygen atoms in total. The fraction of sp³-hybridized carbons (Fsp3) is 0.176. The molecule has 0 aliphatic heterocycles. The van der Waals surface area contributed by atoms with E-state index in [0.29, 0.717) is 18.2 Å². The molecule has 0 atom stereocenters. The molecule has 0 spiro atoms. The van der Waals surface area contributed by atoms with Crippen LogP contribution >= 0.6 is 12.2 Å². The quantitative estimate of drug-likeness (QED) is 0.723. The molecule has 2 N–H and O–H groups in total. The summed E-state index contributed by atoms with van der Waals surface area (Å²) in [5.41, 5.74) is 3.03. The number of hydrogen-bond donors (Lipinski definition) is 2. The fourth-order valence-electron chi connectivity index (χ4n) is 2.36. The Kier molecular flexibility index (Phi) is 4.52. The van der Waals surface area contributed by atoms with E-state index >= 15 is 0 Å². The number of hydrogen-bond acceptors (Lipinski definition) is 2. The molecule has 0 saturated heterocycles. The Morgan fingerprint density at radius 3 is 2.52 bits per heavy atom. The van der Waals surface area contributed by atoms with Gasteiger partial charge in [0.1, 0.15) is 11.6 Å². The number of para-hydroxylation sites is 2. The summed E-state index contributed by atoms with van der Waals surface area (Å²) >= 11 is 5.27. The molecule has 23 heavy (non-hydrogen) atoms. The number of thiocarbonyl (C=S) groups is 1. The fourth-order valence-corrected chi connectivity index (χ4v) is 2.50. The van der Waals surface area contributed by atoms with Gasteiger partial charge in [0, 0.05) is 13.6 Å². The number of aryl methyl sites for hydroxylation is 1. The summed E-state index contributed by atoms with van der Waals surface area (Å²) in [7, 11) is 1.99. The van der Waals surface area contributed by atoms with Crippen molar-refractivity contribution in [1.82, 2.24) is 20.2 Å². The highest BCUT2D eigenvalue weighted by Crippen LogP contribution is 2.13. The Hall–Kier alpha value is -2.47. The number of aromatic nitrogens is 2. The second-order valence-corrected chi connectivity index (χ2v) is 5.65. The molecule has 1 heterocycles. The zero-order valence-electron chi connectivity index (χ0n) is 12.7. The highest BCUT2D eigenvalue weighted by atomic mass is 32.1. The van der Waals surface area contributed by atoms with E-state index in [9.17, 15) is 4.39 Å². The zero-order chi connectivity index (χ0) is 16.2. The van der Waals surface area contributed by atoms with Crippen LogP contribution in [-0.2, 0) is 20.1 Å². The summed E-state index contributed by atoms with van der Waals surface area (Å²) in [6.07, 6.45) is 0. The van der Waals surface area contributed by atoms with Gasteiger partial charge in [0.15, 0.2) is 5.11 Å². The van der Waals surface area contributed by atoms with Crippen LogP contribution in [0.4, 0.5) is 4.39 Å². The van der Waals surface area contributed by atoms with Crippen molar-refractivity contribution in [1.29, 1.82) is 0 Å². The van der Waals surface area contributed by atoms with Gasteiger partial charge in [-0.3, -0.25) is 0 Å². The monoisotopic (exact) mass is 328 g/mol. The van der Waals surface area contributed by atoms with Crippen molar-refractivity contribution in [3.05, 3.63) is 65.7 Å². The van der Waals surface area contributed by atoms with Crippen molar-refractivity contribution in [2.45, 2.75) is 13.1 Å². The molecule has 118 valence electrons. The highest BCUT2D eigenvalue weighted by molar-refractivity contribution is 7.80. The molecule has 1 aromatic heterocycles. The summed E-state index contributed by atoms with van der Waals surface area (Å²) in [6, 6.07) is 14.3. The molecule has 0 radical (unpaired) electrons. The predicted molar refractivity (Wildman–Crippen MR) is 93.4 cm³/mol. The van der Waals surface area contributed by atoms with Crippen LogP contribution in [0.5, 0.6) is 0 Å². The lowest BCUT2D eigenvalue weighted by Gasteiger charge is -2.10. The van der Waals surface area contributed by atoms with Crippen LogP contribution in [0.15, 0.2) is 48.5 Å². The van der Waals surface area contributed by atoms with Gasteiger partial charge in [-0.1, -0.05) is 24.3 Å². The van der Waals surface area contributed by atoms with E-state index in [0.717, 1.165) is 22.4 Å². The molecule has 0 fully saturated rings. The van der Waals surface area contributed by atoms with Gasteiger partial charge >= 0.3 is 0 Å². The number of nitrogens with one attached hydrogen (secondary N) is 2. The average molecular weight is 328 g/mol. The van der Waals surface area contributed by atoms with Crippen LogP contribution in [0.3, 0.4) is 0 Å². The van der Waals surface area contributed by atoms with Gasteiger partial charge in [-0.05, 0) is 42.0 Å². The normalized spacial score (nSPS) is 10.7. The summed E-state index contributed by atoms with van der Waals surface area (Å²) in [4.78, 5) is 4.58. The standard InChI is InChI=1S/C17H17FN4S/c1-22-15-5-3-2-4-14(15)21-16(22)11-20-17(23)19-10-12-6-8-13(18)9-7-12/h2-9H,10-11H2,1H3,(H2,19,20,23). The van der Waals surface area contributed by atoms with Crippen LogP contribution in [0, 0.1) is 5.82 Å². The molecule has 0 bridgehead atoms. The maximum atomic E-state index is 12.9. The van der Waals surface area contributed by atoms with Crippen LogP contribution in [0.2, 0.25) is 0 Å². The molecule has 6 heteroatoms. The van der Waals surface area contributed by atoms with Crippen LogP contribution in [0.1, 0.15) is 11.4 Å². The Bertz CT molecular complexity index is 826. The predicted octanol–water partition coefficient (Wildman–Crippen LogP) is 2.88. The first-order valence-corrected chi connectivity index (χ1v) is 7.71. The minimum Gasteiger partial charge on any atom is -0.359 e. The van der Waals surface area contributed by atoms with Crippen LogP contribution in [0.25, 0.3) is 11.0 Å². The van der Waals surface area contributed by atoms with Crippen molar-refractivity contribution < 1.29 is 4.39 Å². The smallest absolute Gasteiger partial charge is 0.166 e. The molecule has 0 saturated carbocycles. The number of imidazole rings is 1. The number of nitrogens with zero attached hydrogens (tertiary/aromatic N) is 2. The number of rotatable bonds is 4. The highest BCUT2D eigenvalue weighted by Gasteiger charge is 2.07. The van der Waals surface area contributed by atoms with Crippen LogP contribution in [-0.4, -0.2) is 14.7 Å². The van der Waals surface area contributed by atoms with Gasteiger partial charge < -0.3 is 15.2 Å². The SMILES string of the molecule is Cn1c(CNC(=S)NCc2ccc(F)cc2)nc2ccccc21. The van der Waals surface area contributed by atoms with Crippen molar-refractivity contribution in [3.63, 3.8) is 0 Å². The Morgan fingerprint density at radius 2 is 1.78 bits per heavy atom. The molecular weight excluding hydrogens is 311 g/mol. The molecule has 0 aliphatic carbocycles. The number of benzene rings is 2. The molecule has 3 rings (SSSR count). The minimum atomic E-state index is -0.240. The second-order valence-electron chi connectivity index (χ2n) is 5.24. The molecule has 2 aromatic carbocycles. The summed E-state index contributed by atoms with van der Waals surface area (Å²) in [6.45, 7) is 1.09.